The Morgan fingerprint density at radius 3 is 2.86 bits per heavy atom. The highest BCUT2D eigenvalue weighted by molar-refractivity contribution is 4.96. The van der Waals surface area contributed by atoms with Crippen molar-refractivity contribution in [1.82, 2.24) is 20.1 Å². The van der Waals surface area contributed by atoms with Gasteiger partial charge in [0.05, 0.1) is 6.54 Å². The molecule has 1 unspecified atom stereocenters. The molecule has 1 aromatic heterocycles. The predicted octanol–water partition coefficient (Wildman–Crippen LogP) is 0.951. The first-order chi connectivity index (χ1) is 6.59. The van der Waals surface area contributed by atoms with E-state index in [0.29, 0.717) is 5.41 Å². The fourth-order valence-electron chi connectivity index (χ4n) is 1.76. The quantitative estimate of drug-likeness (QED) is 0.776. The molecule has 1 aliphatic carbocycles. The van der Waals surface area contributed by atoms with E-state index in [9.17, 15) is 0 Å². The van der Waals surface area contributed by atoms with E-state index in [-0.39, 0.29) is 0 Å². The van der Waals surface area contributed by atoms with Crippen LogP contribution in [0.5, 0.6) is 0 Å². The molecule has 0 amide bonds. The minimum Gasteiger partial charge on any atom is -0.310 e. The van der Waals surface area contributed by atoms with Crippen LogP contribution in [0.3, 0.4) is 0 Å². The van der Waals surface area contributed by atoms with Crippen molar-refractivity contribution in [2.75, 3.05) is 6.54 Å². The number of aromatic nitrogens is 3. The van der Waals surface area contributed by atoms with Crippen LogP contribution >= 0.6 is 0 Å². The van der Waals surface area contributed by atoms with Crippen LogP contribution in [0, 0.1) is 11.3 Å². The topological polar surface area (TPSA) is 42.7 Å². The molecule has 2 rings (SSSR count). The monoisotopic (exact) mass is 194 g/mol. The molecule has 0 saturated heterocycles. The van der Waals surface area contributed by atoms with Gasteiger partial charge in [-0.3, -0.25) is 4.68 Å². The van der Waals surface area contributed by atoms with Gasteiger partial charge in [0.2, 0.25) is 0 Å². The lowest BCUT2D eigenvalue weighted by Gasteiger charge is -2.05. The Hall–Kier alpha value is -0.900. The first-order valence-electron chi connectivity index (χ1n) is 5.13. The maximum absolute atomic E-state index is 4.16. The van der Waals surface area contributed by atoms with Crippen molar-refractivity contribution in [1.29, 1.82) is 0 Å². The predicted molar refractivity (Wildman–Crippen MR) is 54.6 cm³/mol. The average Bonchev–Trinajstić information content (AvgIpc) is 2.53. The Morgan fingerprint density at radius 1 is 1.64 bits per heavy atom. The highest BCUT2D eigenvalue weighted by Gasteiger charge is 2.44. The van der Waals surface area contributed by atoms with Gasteiger partial charge < -0.3 is 5.32 Å². The largest absolute Gasteiger partial charge is 0.310 e. The molecule has 0 radical (unpaired) electrons. The van der Waals surface area contributed by atoms with Crippen LogP contribution in [0.25, 0.3) is 0 Å². The smallest absolute Gasteiger partial charge is 0.140 e. The number of nitrogens with zero attached hydrogens (tertiary/aromatic N) is 3. The molecule has 0 spiro atoms. The summed E-state index contributed by atoms with van der Waals surface area (Å²) in [6.07, 6.45) is 2.94. The molecular weight excluding hydrogens is 176 g/mol. The SMILES string of the molecule is Cn1ncnc1CNCC1CC1(C)C. The molecule has 14 heavy (non-hydrogen) atoms. The summed E-state index contributed by atoms with van der Waals surface area (Å²) >= 11 is 0. The molecule has 0 aromatic carbocycles. The average molecular weight is 194 g/mol. The fraction of sp³-hybridized carbons (Fsp3) is 0.800. The standard InChI is InChI=1S/C10H18N4/c1-10(2)4-8(10)5-11-6-9-12-7-13-14(9)3/h7-8,11H,4-6H2,1-3H3. The van der Waals surface area contributed by atoms with Gasteiger partial charge in [0, 0.05) is 7.05 Å². The van der Waals surface area contributed by atoms with Gasteiger partial charge in [-0.25, -0.2) is 4.98 Å². The lowest BCUT2D eigenvalue weighted by atomic mass is 10.1. The first-order valence-corrected chi connectivity index (χ1v) is 5.13. The van der Waals surface area contributed by atoms with Gasteiger partial charge in [0.1, 0.15) is 12.2 Å². The van der Waals surface area contributed by atoms with Gasteiger partial charge >= 0.3 is 0 Å². The van der Waals surface area contributed by atoms with E-state index in [2.05, 4.69) is 29.2 Å². The van der Waals surface area contributed by atoms with E-state index in [1.165, 1.54) is 6.42 Å². The molecule has 1 heterocycles. The summed E-state index contributed by atoms with van der Waals surface area (Å²) in [6.45, 7) is 6.56. The fourth-order valence-corrected chi connectivity index (χ4v) is 1.76. The molecule has 1 atom stereocenters. The van der Waals surface area contributed by atoms with Gasteiger partial charge in [0.25, 0.3) is 0 Å². The van der Waals surface area contributed by atoms with Crippen molar-refractivity contribution in [3.63, 3.8) is 0 Å². The molecule has 4 nitrogen and oxygen atoms in total. The van der Waals surface area contributed by atoms with Crippen LogP contribution in [-0.4, -0.2) is 21.3 Å². The third-order valence-electron chi connectivity index (χ3n) is 3.20. The minimum atomic E-state index is 0.562. The van der Waals surface area contributed by atoms with Crippen LogP contribution in [0.4, 0.5) is 0 Å². The van der Waals surface area contributed by atoms with Gasteiger partial charge in [0.15, 0.2) is 0 Å². The number of nitrogens with one attached hydrogen (secondary N) is 1. The van der Waals surface area contributed by atoms with Gasteiger partial charge in [-0.15, -0.1) is 0 Å². The molecule has 1 N–H and O–H groups in total. The highest BCUT2D eigenvalue weighted by atomic mass is 15.3. The van der Waals surface area contributed by atoms with E-state index in [0.717, 1.165) is 24.8 Å². The minimum absolute atomic E-state index is 0.562. The molecule has 1 fully saturated rings. The number of hydrogen-bond acceptors (Lipinski definition) is 3. The maximum Gasteiger partial charge on any atom is 0.140 e. The first kappa shape index (κ1) is 9.65. The van der Waals surface area contributed by atoms with Crippen molar-refractivity contribution in [3.8, 4) is 0 Å². The molecule has 1 aromatic rings. The van der Waals surface area contributed by atoms with Crippen molar-refractivity contribution in [2.45, 2.75) is 26.8 Å². The Bertz CT molecular complexity index is 316. The zero-order valence-corrected chi connectivity index (χ0v) is 9.12. The van der Waals surface area contributed by atoms with Crippen molar-refractivity contribution < 1.29 is 0 Å². The summed E-state index contributed by atoms with van der Waals surface area (Å²) in [5.74, 6) is 1.85. The van der Waals surface area contributed by atoms with E-state index in [4.69, 9.17) is 0 Å². The van der Waals surface area contributed by atoms with Crippen LogP contribution in [0.2, 0.25) is 0 Å². The summed E-state index contributed by atoms with van der Waals surface area (Å²) in [7, 11) is 1.92. The van der Waals surface area contributed by atoms with Crippen molar-refractivity contribution in [3.05, 3.63) is 12.2 Å². The number of aryl methyl sites for hydroxylation is 1. The Balaban J connectivity index is 1.72. The van der Waals surface area contributed by atoms with Gasteiger partial charge in [-0.1, -0.05) is 13.8 Å². The van der Waals surface area contributed by atoms with Gasteiger partial charge in [-0.05, 0) is 24.3 Å². The molecule has 78 valence electrons. The summed E-state index contributed by atoms with van der Waals surface area (Å²) < 4.78 is 1.81. The Morgan fingerprint density at radius 2 is 2.36 bits per heavy atom. The number of rotatable bonds is 4. The molecular formula is C10H18N4. The molecule has 0 aliphatic heterocycles. The molecule has 0 bridgehead atoms. The summed E-state index contributed by atoms with van der Waals surface area (Å²) in [5, 5.41) is 7.45. The van der Waals surface area contributed by atoms with E-state index >= 15 is 0 Å². The lowest BCUT2D eigenvalue weighted by Crippen LogP contribution is -2.20. The maximum atomic E-state index is 4.16. The second kappa shape index (κ2) is 3.35. The molecule has 1 saturated carbocycles. The second-order valence-corrected chi connectivity index (χ2v) is 4.82. The number of hydrogen-bond donors (Lipinski definition) is 1. The zero-order valence-electron chi connectivity index (χ0n) is 9.12. The second-order valence-electron chi connectivity index (χ2n) is 4.82. The van der Waals surface area contributed by atoms with E-state index in [1.54, 1.807) is 6.33 Å². The van der Waals surface area contributed by atoms with Crippen LogP contribution in [0.15, 0.2) is 6.33 Å². The van der Waals surface area contributed by atoms with Crippen LogP contribution < -0.4 is 5.32 Å². The normalized spacial score (nSPS) is 23.8. The van der Waals surface area contributed by atoms with Crippen LogP contribution in [0.1, 0.15) is 26.1 Å². The zero-order chi connectivity index (χ0) is 10.2. The molecule has 1 aliphatic rings. The molecule has 4 heteroatoms. The van der Waals surface area contributed by atoms with Gasteiger partial charge in [-0.2, -0.15) is 5.10 Å². The highest BCUT2D eigenvalue weighted by Crippen LogP contribution is 2.50. The third-order valence-corrected chi connectivity index (χ3v) is 3.20. The third kappa shape index (κ3) is 1.95. The van der Waals surface area contributed by atoms with E-state index in [1.807, 2.05) is 11.7 Å². The Kier molecular flexibility index (Phi) is 2.31. The summed E-state index contributed by atoms with van der Waals surface area (Å²) in [4.78, 5) is 4.16. The summed E-state index contributed by atoms with van der Waals surface area (Å²) in [5.41, 5.74) is 0.562. The van der Waals surface area contributed by atoms with E-state index < -0.39 is 0 Å². The van der Waals surface area contributed by atoms with Crippen LogP contribution in [-0.2, 0) is 13.6 Å². The van der Waals surface area contributed by atoms with Crippen molar-refractivity contribution in [2.24, 2.45) is 18.4 Å². The van der Waals surface area contributed by atoms with Crippen molar-refractivity contribution >= 4 is 0 Å². The lowest BCUT2D eigenvalue weighted by molar-refractivity contribution is 0.509. The summed E-state index contributed by atoms with van der Waals surface area (Å²) in [6, 6.07) is 0. The Labute approximate surface area is 84.7 Å².